The Morgan fingerprint density at radius 3 is 2.37 bits per heavy atom. The molecule has 0 aliphatic heterocycles. The summed E-state index contributed by atoms with van der Waals surface area (Å²) >= 11 is 0. The van der Waals surface area contributed by atoms with Gasteiger partial charge in [-0.15, -0.1) is 0 Å². The molecule has 0 bridgehead atoms. The van der Waals surface area contributed by atoms with Crippen molar-refractivity contribution in [1.29, 1.82) is 0 Å². The second-order valence-corrected chi connectivity index (χ2v) is 5.09. The van der Waals surface area contributed by atoms with E-state index in [4.69, 9.17) is 5.73 Å². The minimum atomic E-state index is 0.162. The zero-order valence-electron chi connectivity index (χ0n) is 11.7. The molecule has 0 amide bonds. The Morgan fingerprint density at radius 2 is 1.63 bits per heavy atom. The van der Waals surface area contributed by atoms with Crippen LogP contribution in [0.3, 0.4) is 0 Å². The van der Waals surface area contributed by atoms with E-state index < -0.39 is 0 Å². The largest absolute Gasteiger partial charge is 0.324 e. The van der Waals surface area contributed by atoms with Crippen LogP contribution in [0, 0.1) is 0 Å². The minimum Gasteiger partial charge on any atom is -0.324 e. The molecule has 2 aromatic carbocycles. The van der Waals surface area contributed by atoms with Crippen molar-refractivity contribution in [3.8, 4) is 11.1 Å². The van der Waals surface area contributed by atoms with Crippen LogP contribution in [0.15, 0.2) is 54.6 Å². The van der Waals surface area contributed by atoms with Crippen molar-refractivity contribution in [2.75, 3.05) is 0 Å². The molecule has 2 aromatic rings. The van der Waals surface area contributed by atoms with Gasteiger partial charge in [0, 0.05) is 6.04 Å². The second-order valence-electron chi connectivity index (χ2n) is 5.09. The molecule has 1 heteroatoms. The highest BCUT2D eigenvalue weighted by molar-refractivity contribution is 5.64. The van der Waals surface area contributed by atoms with Gasteiger partial charge in [-0.05, 0) is 29.2 Å². The summed E-state index contributed by atoms with van der Waals surface area (Å²) in [6.45, 7) is 2.22. The van der Waals surface area contributed by atoms with Gasteiger partial charge in [-0.25, -0.2) is 0 Å². The molecule has 0 saturated heterocycles. The molecule has 2 rings (SSSR count). The third kappa shape index (κ3) is 3.93. The summed E-state index contributed by atoms with van der Waals surface area (Å²) in [7, 11) is 0. The minimum absolute atomic E-state index is 0.162. The summed E-state index contributed by atoms with van der Waals surface area (Å²) < 4.78 is 0. The van der Waals surface area contributed by atoms with E-state index in [0.29, 0.717) is 0 Å². The lowest BCUT2D eigenvalue weighted by Gasteiger charge is -2.13. The lowest BCUT2D eigenvalue weighted by Crippen LogP contribution is -2.10. The number of unbranched alkanes of at least 4 members (excludes halogenated alkanes) is 2. The van der Waals surface area contributed by atoms with E-state index in [-0.39, 0.29) is 6.04 Å². The highest BCUT2D eigenvalue weighted by Gasteiger charge is 2.06. The molecular weight excluding hydrogens is 230 g/mol. The fourth-order valence-electron chi connectivity index (χ4n) is 2.36. The maximum atomic E-state index is 6.28. The van der Waals surface area contributed by atoms with Crippen LogP contribution in [-0.2, 0) is 0 Å². The lowest BCUT2D eigenvalue weighted by atomic mass is 9.97. The normalized spacial score (nSPS) is 12.3. The molecule has 1 atom stereocenters. The standard InChI is InChI=1S/C18H23N/c1-2-3-5-13-18(19)17-12-8-11-16(14-17)15-9-6-4-7-10-15/h4,6-12,14,18H,2-3,5,13,19H2,1H3/t18-/m0/s1. The van der Waals surface area contributed by atoms with Gasteiger partial charge in [0.05, 0.1) is 0 Å². The van der Waals surface area contributed by atoms with Crippen LogP contribution in [0.2, 0.25) is 0 Å². The molecule has 0 aliphatic rings. The molecule has 0 spiro atoms. The van der Waals surface area contributed by atoms with Gasteiger partial charge in [0.15, 0.2) is 0 Å². The van der Waals surface area contributed by atoms with Crippen LogP contribution in [0.5, 0.6) is 0 Å². The van der Waals surface area contributed by atoms with Gasteiger partial charge in [-0.1, -0.05) is 74.7 Å². The molecule has 19 heavy (non-hydrogen) atoms. The van der Waals surface area contributed by atoms with Crippen LogP contribution in [0.4, 0.5) is 0 Å². The van der Waals surface area contributed by atoms with Gasteiger partial charge >= 0.3 is 0 Å². The predicted molar refractivity (Wildman–Crippen MR) is 82.9 cm³/mol. The van der Waals surface area contributed by atoms with Crippen LogP contribution >= 0.6 is 0 Å². The topological polar surface area (TPSA) is 26.0 Å². The summed E-state index contributed by atoms with van der Waals surface area (Å²) in [6, 6.07) is 19.3. The Kier molecular flexibility index (Phi) is 5.17. The molecule has 1 nitrogen and oxygen atoms in total. The number of nitrogens with two attached hydrogens (primary N) is 1. The van der Waals surface area contributed by atoms with E-state index in [2.05, 4.69) is 55.5 Å². The van der Waals surface area contributed by atoms with Crippen molar-refractivity contribution in [1.82, 2.24) is 0 Å². The molecule has 0 unspecified atom stereocenters. The highest BCUT2D eigenvalue weighted by Crippen LogP contribution is 2.24. The van der Waals surface area contributed by atoms with Crippen molar-refractivity contribution in [2.24, 2.45) is 5.73 Å². The van der Waals surface area contributed by atoms with E-state index in [1.807, 2.05) is 6.07 Å². The highest BCUT2D eigenvalue weighted by atomic mass is 14.6. The number of hydrogen-bond acceptors (Lipinski definition) is 1. The lowest BCUT2D eigenvalue weighted by molar-refractivity contribution is 0.581. The van der Waals surface area contributed by atoms with Crippen molar-refractivity contribution >= 4 is 0 Å². The van der Waals surface area contributed by atoms with Gasteiger partial charge in [0.25, 0.3) is 0 Å². The van der Waals surface area contributed by atoms with E-state index >= 15 is 0 Å². The summed E-state index contributed by atoms with van der Waals surface area (Å²) in [5, 5.41) is 0. The summed E-state index contributed by atoms with van der Waals surface area (Å²) in [4.78, 5) is 0. The van der Waals surface area contributed by atoms with E-state index in [1.54, 1.807) is 0 Å². The Hall–Kier alpha value is -1.60. The maximum Gasteiger partial charge on any atom is 0.0295 e. The van der Waals surface area contributed by atoms with Crippen molar-refractivity contribution in [3.05, 3.63) is 60.2 Å². The van der Waals surface area contributed by atoms with Crippen LogP contribution < -0.4 is 5.73 Å². The van der Waals surface area contributed by atoms with Crippen LogP contribution in [0.25, 0.3) is 11.1 Å². The Balaban J connectivity index is 2.11. The van der Waals surface area contributed by atoms with Gasteiger partial charge in [-0.3, -0.25) is 0 Å². The zero-order valence-corrected chi connectivity index (χ0v) is 11.7. The monoisotopic (exact) mass is 253 g/mol. The maximum absolute atomic E-state index is 6.28. The Morgan fingerprint density at radius 1 is 0.895 bits per heavy atom. The van der Waals surface area contributed by atoms with E-state index in [0.717, 1.165) is 6.42 Å². The Bertz CT molecular complexity index is 490. The smallest absolute Gasteiger partial charge is 0.0295 e. The number of benzene rings is 2. The van der Waals surface area contributed by atoms with Gasteiger partial charge in [0.1, 0.15) is 0 Å². The fourth-order valence-corrected chi connectivity index (χ4v) is 2.36. The molecule has 0 fully saturated rings. The number of rotatable bonds is 6. The van der Waals surface area contributed by atoms with Crippen LogP contribution in [0.1, 0.15) is 44.2 Å². The van der Waals surface area contributed by atoms with Gasteiger partial charge in [0.2, 0.25) is 0 Å². The number of hydrogen-bond donors (Lipinski definition) is 1. The first kappa shape index (κ1) is 13.8. The molecule has 0 radical (unpaired) electrons. The third-order valence-corrected chi connectivity index (χ3v) is 3.54. The second kappa shape index (κ2) is 7.10. The summed E-state index contributed by atoms with van der Waals surface area (Å²) in [6.07, 6.45) is 4.81. The molecule has 0 aromatic heterocycles. The Labute approximate surface area is 116 Å². The van der Waals surface area contributed by atoms with Crippen molar-refractivity contribution in [2.45, 2.75) is 38.6 Å². The SMILES string of the molecule is CCCCC[C@H](N)c1cccc(-c2ccccc2)c1. The van der Waals surface area contributed by atoms with Crippen molar-refractivity contribution in [3.63, 3.8) is 0 Å². The molecule has 0 aliphatic carbocycles. The van der Waals surface area contributed by atoms with Gasteiger partial charge < -0.3 is 5.73 Å². The average Bonchev–Trinajstić information content (AvgIpc) is 2.48. The third-order valence-electron chi connectivity index (χ3n) is 3.54. The van der Waals surface area contributed by atoms with Crippen molar-refractivity contribution < 1.29 is 0 Å². The molecule has 0 heterocycles. The first-order valence-electron chi connectivity index (χ1n) is 7.22. The molecular formula is C18H23N. The summed E-state index contributed by atoms with van der Waals surface area (Å²) in [5.74, 6) is 0. The first-order chi connectivity index (χ1) is 9.31. The zero-order chi connectivity index (χ0) is 13.5. The quantitative estimate of drug-likeness (QED) is 0.725. The van der Waals surface area contributed by atoms with E-state index in [1.165, 1.54) is 36.0 Å². The fraction of sp³-hybridized carbons (Fsp3) is 0.333. The average molecular weight is 253 g/mol. The first-order valence-corrected chi connectivity index (χ1v) is 7.22. The molecule has 0 saturated carbocycles. The van der Waals surface area contributed by atoms with Crippen LogP contribution in [-0.4, -0.2) is 0 Å². The van der Waals surface area contributed by atoms with E-state index in [9.17, 15) is 0 Å². The molecule has 100 valence electrons. The summed E-state index contributed by atoms with van der Waals surface area (Å²) in [5.41, 5.74) is 10.0. The molecule has 2 N–H and O–H groups in total. The van der Waals surface area contributed by atoms with Gasteiger partial charge in [-0.2, -0.15) is 0 Å². The predicted octanol–water partition coefficient (Wildman–Crippen LogP) is 4.93.